The second-order valence-electron chi connectivity index (χ2n) is 5.47. The highest BCUT2D eigenvalue weighted by molar-refractivity contribution is 9.10. The van der Waals surface area contributed by atoms with Crippen molar-refractivity contribution in [1.82, 2.24) is 0 Å². The number of hydrogen-bond donors (Lipinski definition) is 1. The molecule has 0 spiro atoms. The molecule has 0 aliphatic heterocycles. The summed E-state index contributed by atoms with van der Waals surface area (Å²) in [5, 5.41) is 3.37. The Balaban J connectivity index is 2.08. The van der Waals surface area contributed by atoms with Gasteiger partial charge in [0.05, 0.1) is 31.0 Å². The Morgan fingerprint density at radius 3 is 2.35 bits per heavy atom. The number of rotatable bonds is 8. The van der Waals surface area contributed by atoms with Crippen LogP contribution in [0.2, 0.25) is 5.02 Å². The fraction of sp³-hybridized carbons (Fsp3) is 0.316. The summed E-state index contributed by atoms with van der Waals surface area (Å²) in [5.41, 5.74) is 1.49. The van der Waals surface area contributed by atoms with Crippen molar-refractivity contribution in [2.75, 3.05) is 26.1 Å². The topological polar surface area (TPSA) is 56.8 Å². The first-order valence-electron chi connectivity index (χ1n) is 8.10. The normalized spacial score (nSPS) is 10.3. The average Bonchev–Trinajstić information content (AvgIpc) is 2.62. The molecule has 0 saturated heterocycles. The third-order valence-corrected chi connectivity index (χ3v) is 4.43. The van der Waals surface area contributed by atoms with E-state index in [-0.39, 0.29) is 5.91 Å². The number of ether oxygens (including phenoxy) is 3. The molecule has 0 aliphatic carbocycles. The Labute approximate surface area is 166 Å². The predicted molar refractivity (Wildman–Crippen MR) is 107 cm³/mol. The maximum absolute atomic E-state index is 12.4. The van der Waals surface area contributed by atoms with Crippen LogP contribution in [0.1, 0.15) is 18.9 Å². The van der Waals surface area contributed by atoms with Crippen molar-refractivity contribution in [2.24, 2.45) is 0 Å². The van der Waals surface area contributed by atoms with E-state index < -0.39 is 0 Å². The average molecular weight is 443 g/mol. The Morgan fingerprint density at radius 1 is 1.12 bits per heavy atom. The zero-order valence-corrected chi connectivity index (χ0v) is 17.2. The van der Waals surface area contributed by atoms with Crippen LogP contribution in [-0.2, 0) is 11.2 Å². The number of carbonyl (C=O) groups is 1. The lowest BCUT2D eigenvalue weighted by Crippen LogP contribution is -2.13. The summed E-state index contributed by atoms with van der Waals surface area (Å²) in [7, 11) is 3.19. The Hall–Kier alpha value is -1.92. The lowest BCUT2D eigenvalue weighted by molar-refractivity contribution is -0.116. The van der Waals surface area contributed by atoms with E-state index in [4.69, 9.17) is 25.8 Å². The zero-order valence-electron chi connectivity index (χ0n) is 14.9. The lowest BCUT2D eigenvalue weighted by Gasteiger charge is -2.14. The zero-order chi connectivity index (χ0) is 19.1. The van der Waals surface area contributed by atoms with Gasteiger partial charge in [0.15, 0.2) is 5.75 Å². The van der Waals surface area contributed by atoms with E-state index in [0.717, 1.165) is 5.56 Å². The molecule has 0 heterocycles. The van der Waals surface area contributed by atoms with Crippen molar-refractivity contribution < 1.29 is 19.0 Å². The van der Waals surface area contributed by atoms with Crippen molar-refractivity contribution in [3.8, 4) is 17.2 Å². The number of amides is 1. The third-order valence-electron chi connectivity index (χ3n) is 3.62. The van der Waals surface area contributed by atoms with Gasteiger partial charge in [0.1, 0.15) is 11.5 Å². The molecule has 1 N–H and O–H groups in total. The maximum Gasteiger partial charge on any atom is 0.224 e. The van der Waals surface area contributed by atoms with E-state index in [2.05, 4.69) is 21.2 Å². The van der Waals surface area contributed by atoms with Crippen LogP contribution >= 0.6 is 27.5 Å². The van der Waals surface area contributed by atoms with E-state index in [1.165, 1.54) is 0 Å². The highest BCUT2D eigenvalue weighted by Crippen LogP contribution is 2.36. The van der Waals surface area contributed by atoms with Gasteiger partial charge in [0, 0.05) is 17.5 Å². The third kappa shape index (κ3) is 5.54. The number of carbonyl (C=O) groups excluding carboxylic acids is 1. The quantitative estimate of drug-likeness (QED) is 0.619. The van der Waals surface area contributed by atoms with Crippen LogP contribution < -0.4 is 19.5 Å². The fourth-order valence-electron chi connectivity index (χ4n) is 2.43. The van der Waals surface area contributed by atoms with Crippen LogP contribution in [0, 0.1) is 0 Å². The highest BCUT2D eigenvalue weighted by atomic mass is 79.9. The van der Waals surface area contributed by atoms with E-state index >= 15 is 0 Å². The van der Waals surface area contributed by atoms with Crippen LogP contribution in [0.15, 0.2) is 34.8 Å². The number of aryl methyl sites for hydroxylation is 1. The first-order valence-corrected chi connectivity index (χ1v) is 9.27. The molecule has 2 aromatic carbocycles. The van der Waals surface area contributed by atoms with Crippen LogP contribution in [0.4, 0.5) is 5.69 Å². The molecule has 26 heavy (non-hydrogen) atoms. The summed E-state index contributed by atoms with van der Waals surface area (Å²) in [5.74, 6) is 1.81. The summed E-state index contributed by atoms with van der Waals surface area (Å²) >= 11 is 9.49. The minimum absolute atomic E-state index is 0.137. The Bertz CT molecular complexity index is 760. The van der Waals surface area contributed by atoms with E-state index in [9.17, 15) is 4.79 Å². The molecule has 0 fully saturated rings. The molecular weight excluding hydrogens is 422 g/mol. The fourth-order valence-corrected chi connectivity index (χ4v) is 3.35. The van der Waals surface area contributed by atoms with Crippen LogP contribution in [0.3, 0.4) is 0 Å². The summed E-state index contributed by atoms with van der Waals surface area (Å²) in [6.45, 7) is 2.36. The van der Waals surface area contributed by atoms with Gasteiger partial charge in [-0.3, -0.25) is 4.79 Å². The second kappa shape index (κ2) is 9.69. The molecule has 2 rings (SSSR count). The largest absolute Gasteiger partial charge is 0.497 e. The minimum atomic E-state index is -0.137. The Morgan fingerprint density at radius 2 is 1.77 bits per heavy atom. The number of nitrogens with one attached hydrogen (secondary N) is 1. The number of benzene rings is 2. The number of methoxy groups -OCH3 is 2. The SMILES string of the molecule is CCOc1c(Br)cc(Cl)cc1NC(=O)CCc1cc(OC)cc(OC)c1. The van der Waals surface area contributed by atoms with Gasteiger partial charge in [-0.05, 0) is 59.1 Å². The van der Waals surface area contributed by atoms with Crippen molar-refractivity contribution in [3.05, 3.63) is 45.4 Å². The second-order valence-corrected chi connectivity index (χ2v) is 6.76. The molecule has 0 saturated carbocycles. The molecule has 1 amide bonds. The molecule has 0 aliphatic rings. The standard InChI is InChI=1S/C19H21BrClNO4/c1-4-26-19-16(20)9-13(21)10-17(19)22-18(23)6-5-12-7-14(24-2)11-15(8-12)25-3/h7-11H,4-6H2,1-3H3,(H,22,23). The van der Waals surface area contributed by atoms with E-state index in [1.807, 2.05) is 19.1 Å². The van der Waals surface area contributed by atoms with Crippen molar-refractivity contribution in [3.63, 3.8) is 0 Å². The van der Waals surface area contributed by atoms with Gasteiger partial charge in [0.25, 0.3) is 0 Å². The van der Waals surface area contributed by atoms with Gasteiger partial charge in [-0.2, -0.15) is 0 Å². The van der Waals surface area contributed by atoms with Crippen LogP contribution in [-0.4, -0.2) is 26.7 Å². The highest BCUT2D eigenvalue weighted by Gasteiger charge is 2.13. The van der Waals surface area contributed by atoms with Gasteiger partial charge < -0.3 is 19.5 Å². The van der Waals surface area contributed by atoms with Crippen molar-refractivity contribution in [1.29, 1.82) is 0 Å². The molecule has 0 atom stereocenters. The Kier molecular flexibility index (Phi) is 7.60. The predicted octanol–water partition coefficient (Wildman–Crippen LogP) is 5.09. The molecule has 5 nitrogen and oxygen atoms in total. The van der Waals surface area contributed by atoms with Gasteiger partial charge in [-0.15, -0.1) is 0 Å². The van der Waals surface area contributed by atoms with Gasteiger partial charge in [-0.1, -0.05) is 11.6 Å². The first-order chi connectivity index (χ1) is 12.5. The molecule has 7 heteroatoms. The molecule has 140 valence electrons. The number of anilines is 1. The summed E-state index contributed by atoms with van der Waals surface area (Å²) < 4.78 is 16.8. The number of hydrogen-bond acceptors (Lipinski definition) is 4. The molecule has 0 unspecified atom stereocenters. The van der Waals surface area contributed by atoms with Crippen molar-refractivity contribution in [2.45, 2.75) is 19.8 Å². The van der Waals surface area contributed by atoms with Crippen LogP contribution in [0.5, 0.6) is 17.2 Å². The van der Waals surface area contributed by atoms with Gasteiger partial charge >= 0.3 is 0 Å². The molecule has 0 radical (unpaired) electrons. The van der Waals surface area contributed by atoms with Gasteiger partial charge in [0.2, 0.25) is 5.91 Å². The molecule has 0 aromatic heterocycles. The molecule has 0 bridgehead atoms. The molecule has 2 aromatic rings. The maximum atomic E-state index is 12.4. The van der Waals surface area contributed by atoms with Crippen LogP contribution in [0.25, 0.3) is 0 Å². The summed E-state index contributed by atoms with van der Waals surface area (Å²) in [6.07, 6.45) is 0.844. The lowest BCUT2D eigenvalue weighted by atomic mass is 10.1. The minimum Gasteiger partial charge on any atom is -0.497 e. The smallest absolute Gasteiger partial charge is 0.224 e. The van der Waals surface area contributed by atoms with Gasteiger partial charge in [-0.25, -0.2) is 0 Å². The molecular formula is C19H21BrClNO4. The summed E-state index contributed by atoms with van der Waals surface area (Å²) in [6, 6.07) is 8.96. The van der Waals surface area contributed by atoms with Crippen molar-refractivity contribution >= 4 is 39.1 Å². The number of halogens is 2. The van der Waals surface area contributed by atoms with E-state index in [0.29, 0.717) is 51.9 Å². The first kappa shape index (κ1) is 20.4. The monoisotopic (exact) mass is 441 g/mol. The summed E-state index contributed by atoms with van der Waals surface area (Å²) in [4.78, 5) is 12.4. The van der Waals surface area contributed by atoms with E-state index in [1.54, 1.807) is 32.4 Å².